The minimum Gasteiger partial charge on any atom is -0.322 e. The summed E-state index contributed by atoms with van der Waals surface area (Å²) in [6.45, 7) is 1.94. The smallest absolute Gasteiger partial charge is 0.257 e. The molecule has 5 heteroatoms. The summed E-state index contributed by atoms with van der Waals surface area (Å²) in [4.78, 5) is 11.9. The summed E-state index contributed by atoms with van der Waals surface area (Å²) >= 11 is 3.38. The fraction of sp³-hybridized carbons (Fsp3) is 0.0833. The maximum absolute atomic E-state index is 11.9. The normalized spacial score (nSPS) is 10.0. The number of rotatable bonds is 2. The first kappa shape index (κ1) is 11.7. The second kappa shape index (κ2) is 5.05. The van der Waals surface area contributed by atoms with Crippen molar-refractivity contribution in [2.24, 2.45) is 0 Å². The molecule has 1 amide bonds. The molecule has 0 aliphatic heterocycles. The number of carbonyl (C=O) groups excluding carboxylic acids is 1. The highest BCUT2D eigenvalue weighted by Crippen LogP contribution is 2.20. The van der Waals surface area contributed by atoms with Gasteiger partial charge in [-0.3, -0.25) is 4.79 Å². The Hall–Kier alpha value is -1.75. The third-order valence-corrected chi connectivity index (χ3v) is 2.78. The molecule has 4 nitrogen and oxygen atoms in total. The molecule has 2 aromatic rings. The van der Waals surface area contributed by atoms with Gasteiger partial charge in [0, 0.05) is 10.2 Å². The first-order chi connectivity index (χ1) is 8.16. The average Bonchev–Trinajstić information content (AvgIpc) is 2.34. The highest BCUT2D eigenvalue weighted by atomic mass is 79.9. The number of halogens is 1. The van der Waals surface area contributed by atoms with Gasteiger partial charge >= 0.3 is 0 Å². The van der Waals surface area contributed by atoms with Gasteiger partial charge < -0.3 is 5.32 Å². The molecule has 86 valence electrons. The molecule has 17 heavy (non-hydrogen) atoms. The van der Waals surface area contributed by atoms with Crippen LogP contribution in [0.1, 0.15) is 15.9 Å². The fourth-order valence-corrected chi connectivity index (χ4v) is 1.86. The lowest BCUT2D eigenvalue weighted by Gasteiger charge is -2.08. The summed E-state index contributed by atoms with van der Waals surface area (Å²) in [5.41, 5.74) is 2.27. The first-order valence-electron chi connectivity index (χ1n) is 5.01. The van der Waals surface area contributed by atoms with E-state index in [9.17, 15) is 4.79 Å². The summed E-state index contributed by atoms with van der Waals surface area (Å²) < 4.78 is 0.985. The molecule has 1 N–H and O–H groups in total. The maximum Gasteiger partial charge on any atom is 0.257 e. The lowest BCUT2D eigenvalue weighted by Crippen LogP contribution is -2.13. The predicted octanol–water partition coefficient (Wildman–Crippen LogP) is 2.80. The minimum absolute atomic E-state index is 0.190. The standard InChI is InChI=1S/C12H10BrN3O/c1-8-6-10(13)2-3-11(8)16-12(17)9-4-5-14-15-7-9/h2-7H,1H3,(H,16,17). The van der Waals surface area contributed by atoms with Gasteiger partial charge in [-0.05, 0) is 36.8 Å². The highest BCUT2D eigenvalue weighted by molar-refractivity contribution is 9.10. The number of amides is 1. The van der Waals surface area contributed by atoms with Crippen molar-refractivity contribution < 1.29 is 4.79 Å². The van der Waals surface area contributed by atoms with Crippen LogP contribution in [0.3, 0.4) is 0 Å². The highest BCUT2D eigenvalue weighted by Gasteiger charge is 2.07. The fourth-order valence-electron chi connectivity index (χ4n) is 1.39. The van der Waals surface area contributed by atoms with Gasteiger partial charge in [-0.25, -0.2) is 0 Å². The Morgan fingerprint density at radius 1 is 1.29 bits per heavy atom. The zero-order valence-corrected chi connectivity index (χ0v) is 10.7. The SMILES string of the molecule is Cc1cc(Br)ccc1NC(=O)c1ccnnc1. The Balaban J connectivity index is 2.19. The predicted molar refractivity (Wildman–Crippen MR) is 68.9 cm³/mol. The number of nitrogens with zero attached hydrogens (tertiary/aromatic N) is 2. The Morgan fingerprint density at radius 3 is 2.76 bits per heavy atom. The van der Waals surface area contributed by atoms with Crippen LogP contribution in [0.25, 0.3) is 0 Å². The number of benzene rings is 1. The number of anilines is 1. The van der Waals surface area contributed by atoms with Crippen molar-refractivity contribution in [3.8, 4) is 0 Å². The van der Waals surface area contributed by atoms with E-state index in [0.717, 1.165) is 15.7 Å². The average molecular weight is 292 g/mol. The summed E-state index contributed by atoms with van der Waals surface area (Å²) in [5, 5.41) is 10.1. The van der Waals surface area contributed by atoms with E-state index in [4.69, 9.17) is 0 Å². The van der Waals surface area contributed by atoms with Crippen molar-refractivity contribution in [2.75, 3.05) is 5.32 Å². The molecular weight excluding hydrogens is 282 g/mol. The summed E-state index contributed by atoms with van der Waals surface area (Å²) in [6, 6.07) is 7.30. The van der Waals surface area contributed by atoms with Gasteiger partial charge in [-0.1, -0.05) is 15.9 Å². The number of nitrogens with one attached hydrogen (secondary N) is 1. The molecule has 0 saturated carbocycles. The van der Waals surface area contributed by atoms with E-state index in [1.54, 1.807) is 6.07 Å². The van der Waals surface area contributed by atoms with Crippen LogP contribution in [0.2, 0.25) is 0 Å². The second-order valence-electron chi connectivity index (χ2n) is 3.54. The van der Waals surface area contributed by atoms with Crippen molar-refractivity contribution >= 4 is 27.5 Å². The number of hydrogen-bond acceptors (Lipinski definition) is 3. The molecule has 0 bridgehead atoms. The molecule has 1 aromatic heterocycles. The first-order valence-corrected chi connectivity index (χ1v) is 5.80. The van der Waals surface area contributed by atoms with Crippen LogP contribution in [0.15, 0.2) is 41.1 Å². The molecular formula is C12H10BrN3O. The van der Waals surface area contributed by atoms with E-state index >= 15 is 0 Å². The molecule has 0 aliphatic rings. The third kappa shape index (κ3) is 2.88. The number of aromatic nitrogens is 2. The van der Waals surface area contributed by atoms with Crippen LogP contribution in [-0.4, -0.2) is 16.1 Å². The summed E-state index contributed by atoms with van der Waals surface area (Å²) in [5.74, 6) is -0.190. The van der Waals surface area contributed by atoms with Gasteiger partial charge in [0.25, 0.3) is 5.91 Å². The Labute approximate surface area is 107 Å². The zero-order valence-electron chi connectivity index (χ0n) is 9.14. The van der Waals surface area contributed by atoms with Crippen molar-refractivity contribution in [3.05, 3.63) is 52.3 Å². The second-order valence-corrected chi connectivity index (χ2v) is 4.46. The van der Waals surface area contributed by atoms with Crippen LogP contribution < -0.4 is 5.32 Å². The monoisotopic (exact) mass is 291 g/mol. The van der Waals surface area contributed by atoms with Crippen molar-refractivity contribution in [1.29, 1.82) is 0 Å². The topological polar surface area (TPSA) is 54.9 Å². The van der Waals surface area contributed by atoms with Gasteiger partial charge in [0.1, 0.15) is 0 Å². The Morgan fingerprint density at radius 2 is 2.12 bits per heavy atom. The van der Waals surface area contributed by atoms with Crippen LogP contribution in [0, 0.1) is 6.92 Å². The largest absolute Gasteiger partial charge is 0.322 e. The van der Waals surface area contributed by atoms with Gasteiger partial charge in [0.05, 0.1) is 18.0 Å². The van der Waals surface area contributed by atoms with E-state index < -0.39 is 0 Å². The molecule has 0 aliphatic carbocycles. The van der Waals surface area contributed by atoms with E-state index in [2.05, 4.69) is 31.4 Å². The van der Waals surface area contributed by atoms with E-state index in [-0.39, 0.29) is 5.91 Å². The molecule has 0 saturated heterocycles. The van der Waals surface area contributed by atoms with E-state index in [1.165, 1.54) is 12.4 Å². The van der Waals surface area contributed by atoms with E-state index in [1.807, 2.05) is 25.1 Å². The number of carbonyl (C=O) groups is 1. The number of aryl methyl sites for hydroxylation is 1. The third-order valence-electron chi connectivity index (χ3n) is 2.28. The number of hydrogen-bond donors (Lipinski definition) is 1. The van der Waals surface area contributed by atoms with Crippen LogP contribution >= 0.6 is 15.9 Å². The van der Waals surface area contributed by atoms with Crippen LogP contribution in [0.5, 0.6) is 0 Å². The summed E-state index contributed by atoms with van der Waals surface area (Å²) in [6.07, 6.45) is 2.92. The van der Waals surface area contributed by atoms with Crippen LogP contribution in [-0.2, 0) is 0 Å². The molecule has 0 spiro atoms. The molecule has 0 fully saturated rings. The molecule has 1 aromatic carbocycles. The molecule has 2 rings (SSSR count). The lowest BCUT2D eigenvalue weighted by molar-refractivity contribution is 0.102. The quantitative estimate of drug-likeness (QED) is 0.926. The van der Waals surface area contributed by atoms with E-state index in [0.29, 0.717) is 5.56 Å². The molecule has 0 unspecified atom stereocenters. The zero-order chi connectivity index (χ0) is 12.3. The van der Waals surface area contributed by atoms with Gasteiger partial charge in [-0.15, -0.1) is 0 Å². The Bertz CT molecular complexity index is 543. The molecule has 0 atom stereocenters. The van der Waals surface area contributed by atoms with Gasteiger partial charge in [0.15, 0.2) is 0 Å². The van der Waals surface area contributed by atoms with Gasteiger partial charge in [-0.2, -0.15) is 10.2 Å². The summed E-state index contributed by atoms with van der Waals surface area (Å²) in [7, 11) is 0. The Kier molecular flexibility index (Phi) is 3.49. The van der Waals surface area contributed by atoms with Crippen LogP contribution in [0.4, 0.5) is 5.69 Å². The van der Waals surface area contributed by atoms with Crippen molar-refractivity contribution in [2.45, 2.75) is 6.92 Å². The van der Waals surface area contributed by atoms with Crippen molar-refractivity contribution in [3.63, 3.8) is 0 Å². The van der Waals surface area contributed by atoms with Crippen molar-refractivity contribution in [1.82, 2.24) is 10.2 Å². The molecule has 0 radical (unpaired) electrons. The van der Waals surface area contributed by atoms with Gasteiger partial charge in [0.2, 0.25) is 0 Å². The minimum atomic E-state index is -0.190. The molecule has 1 heterocycles. The lowest BCUT2D eigenvalue weighted by atomic mass is 10.2. The maximum atomic E-state index is 11.9.